The number of nitrogens with two attached hydrogens (primary N) is 1. The number of hydrogen-bond donors (Lipinski definition) is 1. The van der Waals surface area contributed by atoms with E-state index in [2.05, 4.69) is 31.0 Å². The molecule has 106 valence electrons. The summed E-state index contributed by atoms with van der Waals surface area (Å²) in [5.74, 6) is 3.38. The van der Waals surface area contributed by atoms with E-state index in [1.807, 2.05) is 23.9 Å². The largest absolute Gasteiger partial charge is 0.497 e. The number of hydrogen-bond acceptors (Lipinski definition) is 4. The third-order valence-electron chi connectivity index (χ3n) is 3.88. The van der Waals surface area contributed by atoms with Crippen LogP contribution in [0.5, 0.6) is 5.75 Å². The molecule has 0 spiro atoms. The second kappa shape index (κ2) is 6.64. The number of rotatable bonds is 5. The fourth-order valence-corrected chi connectivity index (χ4v) is 4.06. The van der Waals surface area contributed by atoms with Gasteiger partial charge in [-0.1, -0.05) is 12.1 Å². The second-order valence-electron chi connectivity index (χ2n) is 5.26. The summed E-state index contributed by atoms with van der Waals surface area (Å²) < 4.78 is 5.22. The highest BCUT2D eigenvalue weighted by Gasteiger charge is 2.29. The molecule has 0 aromatic heterocycles. The molecule has 1 fully saturated rings. The smallest absolute Gasteiger partial charge is 0.118 e. The topological polar surface area (TPSA) is 38.5 Å². The maximum Gasteiger partial charge on any atom is 0.118 e. The van der Waals surface area contributed by atoms with Gasteiger partial charge in [0.25, 0.3) is 0 Å². The van der Waals surface area contributed by atoms with E-state index in [9.17, 15) is 0 Å². The number of ether oxygens (including phenoxy) is 1. The summed E-state index contributed by atoms with van der Waals surface area (Å²) in [6.45, 7) is 2.09. The molecule has 1 aliphatic rings. The lowest BCUT2D eigenvalue weighted by Crippen LogP contribution is -2.43. The van der Waals surface area contributed by atoms with Gasteiger partial charge in [-0.05, 0) is 43.8 Å². The lowest BCUT2D eigenvalue weighted by atomic mass is 9.97. The standard InChI is InChI=1S/C15H24N2OS/c1-11(16)15(17(2)13-8-9-19-10-13)12-4-6-14(18-3)7-5-12/h4-7,11,13,15H,8-10,16H2,1-3H3. The Morgan fingerprint density at radius 3 is 2.53 bits per heavy atom. The van der Waals surface area contributed by atoms with E-state index < -0.39 is 0 Å². The van der Waals surface area contributed by atoms with Gasteiger partial charge in [-0.2, -0.15) is 11.8 Å². The normalized spacial score (nSPS) is 22.5. The zero-order valence-electron chi connectivity index (χ0n) is 12.0. The van der Waals surface area contributed by atoms with E-state index in [0.29, 0.717) is 6.04 Å². The van der Waals surface area contributed by atoms with Crippen LogP contribution >= 0.6 is 11.8 Å². The Balaban J connectivity index is 2.18. The molecule has 2 N–H and O–H groups in total. The predicted octanol–water partition coefficient (Wildman–Crippen LogP) is 2.52. The lowest BCUT2D eigenvalue weighted by Gasteiger charge is -2.35. The summed E-state index contributed by atoms with van der Waals surface area (Å²) in [4.78, 5) is 2.45. The first-order valence-electron chi connectivity index (χ1n) is 6.82. The molecule has 1 saturated heterocycles. The number of nitrogens with zero attached hydrogens (tertiary/aromatic N) is 1. The molecular weight excluding hydrogens is 256 g/mol. The molecular formula is C15H24N2OS. The molecule has 3 atom stereocenters. The van der Waals surface area contributed by atoms with E-state index >= 15 is 0 Å². The van der Waals surface area contributed by atoms with Crippen molar-refractivity contribution in [1.82, 2.24) is 4.90 Å². The maximum absolute atomic E-state index is 6.23. The fourth-order valence-electron chi connectivity index (χ4n) is 2.78. The first-order chi connectivity index (χ1) is 9.13. The minimum atomic E-state index is 0.115. The molecule has 2 rings (SSSR count). The summed E-state index contributed by atoms with van der Waals surface area (Å²) in [7, 11) is 3.90. The van der Waals surface area contributed by atoms with Gasteiger partial charge in [0.1, 0.15) is 5.75 Å². The Morgan fingerprint density at radius 2 is 2.05 bits per heavy atom. The molecule has 1 heterocycles. The molecule has 3 nitrogen and oxygen atoms in total. The molecule has 0 amide bonds. The van der Waals surface area contributed by atoms with Gasteiger partial charge >= 0.3 is 0 Å². The minimum absolute atomic E-state index is 0.115. The molecule has 0 aliphatic carbocycles. The van der Waals surface area contributed by atoms with Crippen LogP contribution in [0, 0.1) is 0 Å². The number of likely N-dealkylation sites (N-methyl/N-ethyl adjacent to an activating group) is 1. The Labute approximate surface area is 120 Å². The third-order valence-corrected chi connectivity index (χ3v) is 5.02. The van der Waals surface area contributed by atoms with Crippen LogP contribution in [0.2, 0.25) is 0 Å². The van der Waals surface area contributed by atoms with Crippen molar-refractivity contribution in [3.05, 3.63) is 29.8 Å². The van der Waals surface area contributed by atoms with Crippen molar-refractivity contribution in [3.63, 3.8) is 0 Å². The Kier molecular flexibility index (Phi) is 5.13. The lowest BCUT2D eigenvalue weighted by molar-refractivity contribution is 0.168. The van der Waals surface area contributed by atoms with Gasteiger partial charge in [0.15, 0.2) is 0 Å². The highest BCUT2D eigenvalue weighted by atomic mass is 32.2. The van der Waals surface area contributed by atoms with E-state index in [0.717, 1.165) is 5.75 Å². The quantitative estimate of drug-likeness (QED) is 0.899. The highest BCUT2D eigenvalue weighted by Crippen LogP contribution is 2.31. The fraction of sp³-hybridized carbons (Fsp3) is 0.600. The molecule has 0 radical (unpaired) electrons. The van der Waals surface area contributed by atoms with E-state index in [1.165, 1.54) is 23.5 Å². The maximum atomic E-state index is 6.23. The van der Waals surface area contributed by atoms with Crippen LogP contribution in [-0.2, 0) is 0 Å². The van der Waals surface area contributed by atoms with Crippen molar-refractivity contribution in [2.45, 2.75) is 31.5 Å². The van der Waals surface area contributed by atoms with Crippen molar-refractivity contribution < 1.29 is 4.74 Å². The third kappa shape index (κ3) is 3.44. The summed E-state index contributed by atoms with van der Waals surface area (Å²) in [5, 5.41) is 0. The van der Waals surface area contributed by atoms with Crippen LogP contribution in [0.25, 0.3) is 0 Å². The van der Waals surface area contributed by atoms with Gasteiger partial charge in [0, 0.05) is 23.9 Å². The van der Waals surface area contributed by atoms with E-state index in [-0.39, 0.29) is 12.1 Å². The Hall–Kier alpha value is -0.710. The zero-order valence-corrected chi connectivity index (χ0v) is 12.8. The SMILES string of the molecule is COc1ccc(C(C(C)N)N(C)C2CCSC2)cc1. The summed E-state index contributed by atoms with van der Waals surface area (Å²) >= 11 is 2.04. The Morgan fingerprint density at radius 1 is 1.37 bits per heavy atom. The molecule has 0 saturated carbocycles. The molecule has 0 bridgehead atoms. The average Bonchev–Trinajstić information content (AvgIpc) is 2.93. The van der Waals surface area contributed by atoms with Crippen molar-refractivity contribution >= 4 is 11.8 Å². The second-order valence-corrected chi connectivity index (χ2v) is 6.41. The summed E-state index contributed by atoms with van der Waals surface area (Å²) in [6.07, 6.45) is 1.26. The van der Waals surface area contributed by atoms with Crippen LogP contribution < -0.4 is 10.5 Å². The van der Waals surface area contributed by atoms with Crippen LogP contribution in [0.3, 0.4) is 0 Å². The molecule has 3 unspecified atom stereocenters. The summed E-state index contributed by atoms with van der Waals surface area (Å²) in [5.41, 5.74) is 7.50. The van der Waals surface area contributed by atoms with Gasteiger partial charge in [0.2, 0.25) is 0 Å². The average molecular weight is 280 g/mol. The van der Waals surface area contributed by atoms with Gasteiger partial charge in [-0.3, -0.25) is 4.90 Å². The van der Waals surface area contributed by atoms with Crippen LogP contribution in [0.1, 0.15) is 24.9 Å². The minimum Gasteiger partial charge on any atom is -0.497 e. The van der Waals surface area contributed by atoms with Crippen LogP contribution in [-0.4, -0.2) is 42.6 Å². The Bertz CT molecular complexity index is 388. The summed E-state index contributed by atoms with van der Waals surface area (Å²) in [6, 6.07) is 9.32. The number of benzene rings is 1. The number of methoxy groups -OCH3 is 1. The first-order valence-corrected chi connectivity index (χ1v) is 7.98. The van der Waals surface area contributed by atoms with Gasteiger partial charge in [0.05, 0.1) is 7.11 Å². The molecule has 19 heavy (non-hydrogen) atoms. The van der Waals surface area contributed by atoms with Gasteiger partial charge < -0.3 is 10.5 Å². The molecule has 1 aliphatic heterocycles. The van der Waals surface area contributed by atoms with Crippen molar-refractivity contribution in [2.24, 2.45) is 5.73 Å². The van der Waals surface area contributed by atoms with E-state index in [1.54, 1.807) is 7.11 Å². The zero-order chi connectivity index (χ0) is 13.8. The van der Waals surface area contributed by atoms with Crippen molar-refractivity contribution in [2.75, 3.05) is 25.7 Å². The molecule has 1 aromatic carbocycles. The molecule has 1 aromatic rings. The van der Waals surface area contributed by atoms with Crippen LogP contribution in [0.15, 0.2) is 24.3 Å². The van der Waals surface area contributed by atoms with Crippen molar-refractivity contribution in [1.29, 1.82) is 0 Å². The van der Waals surface area contributed by atoms with Gasteiger partial charge in [-0.25, -0.2) is 0 Å². The first kappa shape index (κ1) is 14.7. The highest BCUT2D eigenvalue weighted by molar-refractivity contribution is 7.99. The number of thioether (sulfide) groups is 1. The monoisotopic (exact) mass is 280 g/mol. The van der Waals surface area contributed by atoms with Crippen molar-refractivity contribution in [3.8, 4) is 5.75 Å². The predicted molar refractivity (Wildman–Crippen MR) is 82.9 cm³/mol. The molecule has 4 heteroatoms. The van der Waals surface area contributed by atoms with Gasteiger partial charge in [-0.15, -0.1) is 0 Å². The van der Waals surface area contributed by atoms with Crippen LogP contribution in [0.4, 0.5) is 0 Å². The van der Waals surface area contributed by atoms with E-state index in [4.69, 9.17) is 10.5 Å².